The topological polar surface area (TPSA) is 0 Å². The molecule has 0 amide bonds. The van der Waals surface area contributed by atoms with Crippen LogP contribution in [0.2, 0.25) is 19.6 Å². The van der Waals surface area contributed by atoms with Gasteiger partial charge in [0, 0.05) is 0 Å². The molecule has 0 unspecified atom stereocenters. The zero-order valence-electron chi connectivity index (χ0n) is 9.41. The molecule has 0 nitrogen and oxygen atoms in total. The molecule has 0 heterocycles. The molecule has 0 atom stereocenters. The van der Waals surface area contributed by atoms with Gasteiger partial charge in [-0.1, -0.05) is 51.2 Å². The van der Waals surface area contributed by atoms with Gasteiger partial charge in [0.2, 0.25) is 0 Å². The van der Waals surface area contributed by atoms with Crippen molar-refractivity contribution >= 4 is 8.07 Å². The van der Waals surface area contributed by atoms with Crippen molar-refractivity contribution in [3.8, 4) is 0 Å². The van der Waals surface area contributed by atoms with Crippen LogP contribution < -0.4 is 0 Å². The molecule has 0 rings (SSSR count). The van der Waals surface area contributed by atoms with Gasteiger partial charge in [-0.25, -0.2) is 0 Å². The summed E-state index contributed by atoms with van der Waals surface area (Å²) >= 11 is 0. The fourth-order valence-corrected chi connectivity index (χ4v) is 2.94. The zero-order valence-corrected chi connectivity index (χ0v) is 10.4. The van der Waals surface area contributed by atoms with Crippen molar-refractivity contribution in [2.24, 2.45) is 0 Å². The molecule has 0 bridgehead atoms. The van der Waals surface area contributed by atoms with Crippen molar-refractivity contribution in [2.75, 3.05) is 0 Å². The van der Waals surface area contributed by atoms with E-state index in [4.69, 9.17) is 0 Å². The lowest BCUT2D eigenvalue weighted by atomic mass is 10.1. The van der Waals surface area contributed by atoms with Crippen LogP contribution in [0, 0.1) is 0 Å². The molecule has 0 aromatic rings. The first-order chi connectivity index (χ1) is 5.49. The lowest BCUT2D eigenvalue weighted by molar-refractivity contribution is 0.767. The van der Waals surface area contributed by atoms with Crippen molar-refractivity contribution in [1.29, 1.82) is 0 Å². The molecule has 0 saturated carbocycles. The average molecular weight is 184 g/mol. The van der Waals surface area contributed by atoms with E-state index in [0.717, 1.165) is 0 Å². The van der Waals surface area contributed by atoms with Crippen LogP contribution >= 0.6 is 0 Å². The van der Waals surface area contributed by atoms with E-state index in [1.165, 1.54) is 25.7 Å². The number of hydrogen-bond acceptors (Lipinski definition) is 0. The Morgan fingerprint density at radius 2 is 1.75 bits per heavy atom. The summed E-state index contributed by atoms with van der Waals surface area (Å²) in [6.45, 7) is 11.8. The molecule has 0 N–H and O–H groups in total. The van der Waals surface area contributed by atoms with Crippen molar-refractivity contribution < 1.29 is 0 Å². The SMILES string of the molecule is CCCC/C(=C\[Si](C)(C)C)CC. The predicted octanol–water partition coefficient (Wildman–Crippen LogP) is 4.39. The monoisotopic (exact) mass is 184 g/mol. The summed E-state index contributed by atoms with van der Waals surface area (Å²) in [5.74, 6) is 0. The molecule has 12 heavy (non-hydrogen) atoms. The molecule has 0 aliphatic rings. The largest absolute Gasteiger partial charge is 0.0958 e. The summed E-state index contributed by atoms with van der Waals surface area (Å²) in [7, 11) is -0.953. The highest BCUT2D eigenvalue weighted by atomic mass is 28.3. The van der Waals surface area contributed by atoms with E-state index >= 15 is 0 Å². The molecule has 0 aromatic carbocycles. The quantitative estimate of drug-likeness (QED) is 0.556. The molecule has 1 heteroatoms. The first-order valence-electron chi connectivity index (χ1n) is 5.20. The molecular weight excluding hydrogens is 160 g/mol. The highest BCUT2D eigenvalue weighted by Crippen LogP contribution is 2.15. The van der Waals surface area contributed by atoms with Crippen LogP contribution in [-0.2, 0) is 0 Å². The molecule has 0 saturated heterocycles. The summed E-state index contributed by atoms with van der Waals surface area (Å²) in [5, 5.41) is 0. The molecule has 0 fully saturated rings. The molecule has 0 spiro atoms. The third-order valence-electron chi connectivity index (χ3n) is 1.94. The van der Waals surface area contributed by atoms with Crippen LogP contribution in [0.15, 0.2) is 11.3 Å². The van der Waals surface area contributed by atoms with Gasteiger partial charge in [0.25, 0.3) is 0 Å². The van der Waals surface area contributed by atoms with Crippen LogP contribution in [0.4, 0.5) is 0 Å². The van der Waals surface area contributed by atoms with E-state index in [1.807, 2.05) is 0 Å². The standard InChI is InChI=1S/C11H24Si/c1-6-8-9-11(7-2)10-12(3,4)5/h10H,6-9H2,1-5H3/b11-10-. The first-order valence-corrected chi connectivity index (χ1v) is 8.78. The molecular formula is C11H24Si. The average Bonchev–Trinajstić information content (AvgIpc) is 1.95. The Balaban J connectivity index is 4.04. The highest BCUT2D eigenvalue weighted by molar-refractivity contribution is 6.81. The van der Waals surface area contributed by atoms with E-state index in [-0.39, 0.29) is 0 Å². The smallest absolute Gasteiger partial charge is 0.0686 e. The van der Waals surface area contributed by atoms with Gasteiger partial charge >= 0.3 is 0 Å². The maximum Gasteiger partial charge on any atom is 0.0686 e. The van der Waals surface area contributed by atoms with Crippen molar-refractivity contribution in [3.63, 3.8) is 0 Å². The summed E-state index contributed by atoms with van der Waals surface area (Å²) in [5.41, 5.74) is 4.26. The van der Waals surface area contributed by atoms with Gasteiger partial charge in [0.1, 0.15) is 0 Å². The van der Waals surface area contributed by atoms with E-state index < -0.39 is 8.07 Å². The van der Waals surface area contributed by atoms with Crippen molar-refractivity contribution in [1.82, 2.24) is 0 Å². The predicted molar refractivity (Wildman–Crippen MR) is 61.2 cm³/mol. The normalized spacial score (nSPS) is 13.6. The van der Waals surface area contributed by atoms with Crippen LogP contribution in [0.3, 0.4) is 0 Å². The van der Waals surface area contributed by atoms with Gasteiger partial charge < -0.3 is 0 Å². The molecule has 0 aromatic heterocycles. The summed E-state index contributed by atoms with van der Waals surface area (Å²) in [6.07, 6.45) is 5.27. The molecule has 0 aliphatic carbocycles. The maximum atomic E-state index is 2.57. The molecule has 72 valence electrons. The lowest BCUT2D eigenvalue weighted by Crippen LogP contribution is -2.16. The number of unbranched alkanes of at least 4 members (excludes halogenated alkanes) is 1. The van der Waals surface area contributed by atoms with E-state index in [0.29, 0.717) is 0 Å². The fraction of sp³-hybridized carbons (Fsp3) is 0.818. The first kappa shape index (κ1) is 12.0. The van der Waals surface area contributed by atoms with Crippen molar-refractivity contribution in [3.05, 3.63) is 11.3 Å². The number of allylic oxidation sites excluding steroid dienone is 1. The van der Waals surface area contributed by atoms with Gasteiger partial charge in [-0.2, -0.15) is 0 Å². The van der Waals surface area contributed by atoms with Crippen LogP contribution in [0.5, 0.6) is 0 Å². The Labute approximate surface area is 79.1 Å². The highest BCUT2D eigenvalue weighted by Gasteiger charge is 2.09. The van der Waals surface area contributed by atoms with Gasteiger partial charge in [-0.3, -0.25) is 0 Å². The summed E-state index contributed by atoms with van der Waals surface area (Å²) < 4.78 is 0. The van der Waals surface area contributed by atoms with E-state index in [1.54, 1.807) is 5.57 Å². The Bertz CT molecular complexity index is 140. The van der Waals surface area contributed by atoms with Gasteiger partial charge in [-0.15, -0.1) is 0 Å². The Hall–Kier alpha value is -0.0431. The minimum atomic E-state index is -0.953. The van der Waals surface area contributed by atoms with Crippen LogP contribution in [0.25, 0.3) is 0 Å². The third-order valence-corrected chi connectivity index (χ3v) is 3.22. The second-order valence-corrected chi connectivity index (χ2v) is 9.65. The Morgan fingerprint density at radius 3 is 2.08 bits per heavy atom. The van der Waals surface area contributed by atoms with Gasteiger partial charge in [0.15, 0.2) is 0 Å². The fourth-order valence-electron chi connectivity index (χ4n) is 1.37. The van der Waals surface area contributed by atoms with E-state index in [2.05, 4.69) is 39.2 Å². The van der Waals surface area contributed by atoms with Gasteiger partial charge in [-0.05, 0) is 19.3 Å². The number of rotatable bonds is 5. The zero-order chi connectivity index (χ0) is 9.61. The second-order valence-electron chi connectivity index (χ2n) is 4.63. The third kappa shape index (κ3) is 6.65. The summed E-state index contributed by atoms with van der Waals surface area (Å²) in [4.78, 5) is 0. The molecule has 0 radical (unpaired) electrons. The number of hydrogen-bond donors (Lipinski definition) is 0. The lowest BCUT2D eigenvalue weighted by Gasteiger charge is -2.13. The van der Waals surface area contributed by atoms with Crippen LogP contribution in [-0.4, -0.2) is 8.07 Å². The van der Waals surface area contributed by atoms with Gasteiger partial charge in [0.05, 0.1) is 8.07 Å². The summed E-state index contributed by atoms with van der Waals surface area (Å²) in [6, 6.07) is 0. The molecule has 0 aliphatic heterocycles. The Morgan fingerprint density at radius 1 is 1.17 bits per heavy atom. The van der Waals surface area contributed by atoms with Crippen molar-refractivity contribution in [2.45, 2.75) is 59.2 Å². The minimum Gasteiger partial charge on any atom is -0.0958 e. The Kier molecular flexibility index (Phi) is 5.56. The van der Waals surface area contributed by atoms with Crippen LogP contribution in [0.1, 0.15) is 39.5 Å². The van der Waals surface area contributed by atoms with E-state index in [9.17, 15) is 0 Å². The second kappa shape index (κ2) is 5.58. The minimum absolute atomic E-state index is 0.953. The maximum absolute atomic E-state index is 2.57.